The molecule has 0 saturated carbocycles. The molecule has 0 spiro atoms. The van der Waals surface area contributed by atoms with Crippen LogP contribution in [0.25, 0.3) is 0 Å². The second kappa shape index (κ2) is 12.8. The third kappa shape index (κ3) is 7.07. The van der Waals surface area contributed by atoms with Gasteiger partial charge in [0.1, 0.15) is 11.5 Å². The Hall–Kier alpha value is -5.19. The molecule has 1 heterocycles. The number of likely N-dealkylation sites (N-methyl/N-ethyl adjacent to an activating group) is 1. The molecule has 3 amide bonds. The number of allylic oxidation sites excluding steroid dienone is 1. The smallest absolute Gasteiger partial charge is 0.335 e. The molecule has 0 fully saturated rings. The number of carboxylic acids is 1. The van der Waals surface area contributed by atoms with E-state index < -0.39 is 23.0 Å². The molecule has 2 N–H and O–H groups in total. The van der Waals surface area contributed by atoms with Crippen LogP contribution in [0.15, 0.2) is 90.1 Å². The first-order valence-electron chi connectivity index (χ1n) is 13.0. The summed E-state index contributed by atoms with van der Waals surface area (Å²) in [5.74, 6) is -0.0729. The summed E-state index contributed by atoms with van der Waals surface area (Å²) in [5, 5.41) is 23.8. The molecule has 11 nitrogen and oxygen atoms in total. The Morgan fingerprint density at radius 3 is 2.46 bits per heavy atom. The predicted molar refractivity (Wildman–Crippen MR) is 150 cm³/mol. The summed E-state index contributed by atoms with van der Waals surface area (Å²) in [5.41, 5.74) is 0.975. The lowest BCUT2D eigenvalue weighted by Crippen LogP contribution is -2.49. The van der Waals surface area contributed by atoms with Gasteiger partial charge in [0.15, 0.2) is 0 Å². The molecule has 212 valence electrons. The molecule has 0 radical (unpaired) electrons. The van der Waals surface area contributed by atoms with Gasteiger partial charge >= 0.3 is 12.0 Å². The van der Waals surface area contributed by atoms with Crippen molar-refractivity contribution in [3.8, 4) is 11.5 Å². The number of benzene rings is 3. The predicted octanol–water partition coefficient (Wildman–Crippen LogP) is 4.90. The summed E-state index contributed by atoms with van der Waals surface area (Å²) in [4.78, 5) is 51.7. The molecule has 11 heteroatoms. The average molecular weight is 559 g/mol. The Bertz CT molecular complexity index is 1490. The van der Waals surface area contributed by atoms with Crippen LogP contribution in [0.3, 0.4) is 0 Å². The number of ether oxygens (including phenoxy) is 1. The molecule has 0 aromatic heterocycles. The number of nitrogens with one attached hydrogen (secondary N) is 1. The van der Waals surface area contributed by atoms with E-state index in [2.05, 4.69) is 5.32 Å². The molecule has 0 saturated heterocycles. The lowest BCUT2D eigenvalue weighted by atomic mass is 9.93. The third-order valence-corrected chi connectivity index (χ3v) is 6.72. The van der Waals surface area contributed by atoms with Crippen LogP contribution in [0.5, 0.6) is 11.5 Å². The molecule has 1 aliphatic heterocycles. The summed E-state index contributed by atoms with van der Waals surface area (Å²) in [6.07, 6.45) is 0.498. The summed E-state index contributed by atoms with van der Waals surface area (Å²) in [6, 6.07) is 20.6. The second-order valence-corrected chi connectivity index (χ2v) is 9.63. The van der Waals surface area contributed by atoms with Gasteiger partial charge in [-0.1, -0.05) is 42.5 Å². The number of carbonyl (C=O) groups is 3. The average Bonchev–Trinajstić information content (AvgIpc) is 2.94. The fraction of sp³-hybridized carbons (Fsp3) is 0.233. The number of nitro groups is 1. The van der Waals surface area contributed by atoms with Crippen LogP contribution in [0.1, 0.15) is 30.5 Å². The number of urea groups is 1. The van der Waals surface area contributed by atoms with Crippen molar-refractivity contribution < 1.29 is 29.2 Å². The first-order valence-corrected chi connectivity index (χ1v) is 13.0. The van der Waals surface area contributed by atoms with E-state index in [1.54, 1.807) is 18.0 Å². The number of hydrogen-bond donors (Lipinski definition) is 2. The highest BCUT2D eigenvalue weighted by molar-refractivity contribution is 5.93. The molecule has 0 bridgehead atoms. The van der Waals surface area contributed by atoms with Crippen molar-refractivity contribution in [2.24, 2.45) is 0 Å². The molecule has 1 atom stereocenters. The van der Waals surface area contributed by atoms with E-state index in [0.29, 0.717) is 30.0 Å². The van der Waals surface area contributed by atoms with E-state index in [4.69, 9.17) is 4.74 Å². The van der Waals surface area contributed by atoms with Crippen molar-refractivity contribution in [3.63, 3.8) is 0 Å². The van der Waals surface area contributed by atoms with Gasteiger partial charge in [0.2, 0.25) is 5.91 Å². The van der Waals surface area contributed by atoms with Crippen LogP contribution in [0.4, 0.5) is 10.5 Å². The number of rotatable bonds is 11. The van der Waals surface area contributed by atoms with Crippen molar-refractivity contribution >= 4 is 23.6 Å². The lowest BCUT2D eigenvalue weighted by Gasteiger charge is -2.37. The Kier molecular flexibility index (Phi) is 8.98. The summed E-state index contributed by atoms with van der Waals surface area (Å²) < 4.78 is 5.85. The van der Waals surface area contributed by atoms with Gasteiger partial charge in [-0.2, -0.15) is 0 Å². The highest BCUT2D eigenvalue weighted by Crippen LogP contribution is 2.35. The number of carbonyl (C=O) groups excluding carboxylic acids is 2. The van der Waals surface area contributed by atoms with Gasteiger partial charge in [-0.25, -0.2) is 9.59 Å². The molecule has 0 aliphatic carbocycles. The zero-order valence-electron chi connectivity index (χ0n) is 22.6. The molecular weight excluding hydrogens is 528 g/mol. The van der Waals surface area contributed by atoms with Crippen LogP contribution >= 0.6 is 0 Å². The standard InChI is InChI=1S/C30H30N4O7/c1-20-27(29(36)37)28(22-10-7-11-23(19-22)34(39)40)33(30(38)31-20)16-8-15-32(2)26(35)18-21-9-6-14-25(17-21)41-24-12-4-3-5-13-24/h3-7,9-14,17,19,28H,8,15-16,18H2,1-2H3,(H,31,38)(H,36,37). The lowest BCUT2D eigenvalue weighted by molar-refractivity contribution is -0.384. The fourth-order valence-electron chi connectivity index (χ4n) is 4.70. The quantitative estimate of drug-likeness (QED) is 0.252. The Morgan fingerprint density at radius 1 is 1.05 bits per heavy atom. The second-order valence-electron chi connectivity index (χ2n) is 9.63. The van der Waals surface area contributed by atoms with E-state index in [-0.39, 0.29) is 35.8 Å². The number of nitro benzene ring substituents is 1. The van der Waals surface area contributed by atoms with Gasteiger partial charge in [-0.3, -0.25) is 14.9 Å². The Balaban J connectivity index is 1.42. The Labute approximate surface area is 236 Å². The van der Waals surface area contributed by atoms with E-state index in [1.165, 1.54) is 30.0 Å². The van der Waals surface area contributed by atoms with E-state index in [1.807, 2.05) is 54.6 Å². The molecule has 4 rings (SSSR count). The maximum atomic E-state index is 13.0. The van der Waals surface area contributed by atoms with Crippen molar-refractivity contribution in [1.82, 2.24) is 15.1 Å². The molecule has 41 heavy (non-hydrogen) atoms. The first-order chi connectivity index (χ1) is 19.6. The number of para-hydroxylation sites is 1. The summed E-state index contributed by atoms with van der Waals surface area (Å²) >= 11 is 0. The van der Waals surface area contributed by atoms with Gasteiger partial charge in [0.25, 0.3) is 5.69 Å². The van der Waals surface area contributed by atoms with Gasteiger partial charge in [0, 0.05) is 38.0 Å². The van der Waals surface area contributed by atoms with Gasteiger partial charge in [0.05, 0.1) is 23.0 Å². The SMILES string of the molecule is CC1=C(C(=O)O)C(c2cccc([N+](=O)[O-])c2)N(CCCN(C)C(=O)Cc2cccc(Oc3ccccc3)c2)C(=O)N1. The van der Waals surface area contributed by atoms with Crippen LogP contribution in [-0.2, 0) is 16.0 Å². The molecule has 1 aliphatic rings. The van der Waals surface area contributed by atoms with Crippen molar-refractivity contribution in [3.05, 3.63) is 111 Å². The van der Waals surface area contributed by atoms with E-state index >= 15 is 0 Å². The number of non-ortho nitro benzene ring substituents is 1. The minimum atomic E-state index is -1.24. The first kappa shape index (κ1) is 28.8. The van der Waals surface area contributed by atoms with Crippen molar-refractivity contribution in [2.75, 3.05) is 20.1 Å². The van der Waals surface area contributed by atoms with Crippen molar-refractivity contribution in [1.29, 1.82) is 0 Å². The highest BCUT2D eigenvalue weighted by atomic mass is 16.6. The molecule has 1 unspecified atom stereocenters. The zero-order chi connectivity index (χ0) is 29.5. The Morgan fingerprint density at radius 2 is 1.76 bits per heavy atom. The van der Waals surface area contributed by atoms with Crippen LogP contribution < -0.4 is 10.1 Å². The van der Waals surface area contributed by atoms with Crippen molar-refractivity contribution in [2.45, 2.75) is 25.8 Å². The van der Waals surface area contributed by atoms with Crippen LogP contribution in [0.2, 0.25) is 0 Å². The number of hydrogen-bond acceptors (Lipinski definition) is 6. The number of carboxylic acid groups (broad SMARTS) is 1. The maximum Gasteiger partial charge on any atom is 0.335 e. The van der Waals surface area contributed by atoms with E-state index in [0.717, 1.165) is 5.56 Å². The van der Waals surface area contributed by atoms with Crippen LogP contribution in [0, 0.1) is 10.1 Å². The number of amides is 3. The largest absolute Gasteiger partial charge is 0.478 e. The maximum absolute atomic E-state index is 13.0. The van der Waals surface area contributed by atoms with Gasteiger partial charge in [-0.05, 0) is 48.7 Å². The summed E-state index contributed by atoms with van der Waals surface area (Å²) in [7, 11) is 1.66. The molecule has 3 aromatic rings. The topological polar surface area (TPSA) is 142 Å². The third-order valence-electron chi connectivity index (χ3n) is 6.72. The molecule has 3 aromatic carbocycles. The zero-order valence-corrected chi connectivity index (χ0v) is 22.6. The van der Waals surface area contributed by atoms with Crippen LogP contribution in [-0.4, -0.2) is 57.9 Å². The molecular formula is C30H30N4O7. The summed E-state index contributed by atoms with van der Waals surface area (Å²) in [6.45, 7) is 1.90. The number of nitrogens with zero attached hydrogens (tertiary/aromatic N) is 3. The fourth-order valence-corrected chi connectivity index (χ4v) is 4.70. The normalized spacial score (nSPS) is 14.8. The number of aliphatic carboxylic acids is 1. The minimum Gasteiger partial charge on any atom is -0.478 e. The minimum absolute atomic E-state index is 0.0767. The van der Waals surface area contributed by atoms with E-state index in [9.17, 15) is 29.6 Å². The van der Waals surface area contributed by atoms with Gasteiger partial charge in [-0.15, -0.1) is 0 Å². The highest BCUT2D eigenvalue weighted by Gasteiger charge is 2.38. The van der Waals surface area contributed by atoms with Gasteiger partial charge < -0.3 is 25.0 Å². The monoisotopic (exact) mass is 558 g/mol.